The molecule has 1 N–H and O–H groups in total. The molecule has 2 fully saturated rings. The number of hydrogen-bond donors (Lipinski definition) is 1. The molecule has 3 rings (SSSR count). The molecule has 0 aromatic carbocycles. The van der Waals surface area contributed by atoms with E-state index in [0.717, 1.165) is 0 Å². The fraction of sp³-hybridized carbons (Fsp3) is 0.636. The van der Waals surface area contributed by atoms with E-state index in [1.54, 1.807) is 6.92 Å². The smallest absolute Gasteiger partial charge is 0.349 e. The summed E-state index contributed by atoms with van der Waals surface area (Å²) in [6.45, 7) is 1.65. The van der Waals surface area contributed by atoms with E-state index in [0.29, 0.717) is 12.0 Å². The topological polar surface area (TPSA) is 109 Å². The number of phosphoric ester groups is 1. The van der Waals surface area contributed by atoms with Crippen LogP contribution in [0.2, 0.25) is 0 Å². The van der Waals surface area contributed by atoms with E-state index in [2.05, 4.69) is 4.98 Å². The predicted molar refractivity (Wildman–Crippen MR) is 70.0 cm³/mol. The van der Waals surface area contributed by atoms with Crippen LogP contribution in [0.1, 0.15) is 18.2 Å². The van der Waals surface area contributed by atoms with Crippen LogP contribution in [0.5, 0.6) is 0 Å². The van der Waals surface area contributed by atoms with Gasteiger partial charge in [0.15, 0.2) is 0 Å². The Kier molecular flexibility index (Phi) is 3.62. The molecule has 0 aliphatic carbocycles. The number of H-pyrrole nitrogens is 1. The van der Waals surface area contributed by atoms with Crippen molar-refractivity contribution in [3.05, 3.63) is 32.6 Å². The first-order valence-electron chi connectivity index (χ1n) is 6.38. The monoisotopic (exact) mass is 318 g/mol. The molecule has 4 atom stereocenters. The number of nitrogens with one attached hydrogen (secondary N) is 1. The maximum Gasteiger partial charge on any atom is 0.474 e. The summed E-state index contributed by atoms with van der Waals surface area (Å²) in [7, 11) is -2.30. The molecule has 116 valence electrons. The average molecular weight is 318 g/mol. The van der Waals surface area contributed by atoms with Crippen molar-refractivity contribution >= 4 is 7.82 Å². The Hall–Kier alpha value is -1.25. The third-order valence-electron chi connectivity index (χ3n) is 3.52. The van der Waals surface area contributed by atoms with Crippen molar-refractivity contribution in [1.82, 2.24) is 9.55 Å². The Morgan fingerprint density at radius 2 is 2.19 bits per heavy atom. The van der Waals surface area contributed by atoms with Crippen LogP contribution in [0.15, 0.2) is 15.8 Å². The molecule has 3 heterocycles. The van der Waals surface area contributed by atoms with Gasteiger partial charge in [-0.15, -0.1) is 0 Å². The zero-order chi connectivity index (χ0) is 15.2. The van der Waals surface area contributed by atoms with Crippen LogP contribution >= 0.6 is 7.82 Å². The summed E-state index contributed by atoms with van der Waals surface area (Å²) in [5.74, 6) is 0. The molecule has 9 nitrogen and oxygen atoms in total. The van der Waals surface area contributed by atoms with Crippen LogP contribution in [-0.2, 0) is 22.9 Å². The molecule has 0 amide bonds. The van der Waals surface area contributed by atoms with Gasteiger partial charge >= 0.3 is 13.5 Å². The van der Waals surface area contributed by atoms with E-state index >= 15 is 0 Å². The standard InChI is InChI=1S/C11H15N2O7P/c1-6-4-13(11(15)12-10(6)14)9-3-7-8(19-9)5-18-21(16,17-2)20-7/h4,7-9H,3,5H2,1-2H3,(H,12,14,15)/t7-,8+,9+,21?/m0/s1. The van der Waals surface area contributed by atoms with Crippen LogP contribution in [0.25, 0.3) is 0 Å². The van der Waals surface area contributed by atoms with Gasteiger partial charge in [-0.3, -0.25) is 27.9 Å². The molecule has 0 spiro atoms. The van der Waals surface area contributed by atoms with Gasteiger partial charge in [-0.1, -0.05) is 0 Å². The van der Waals surface area contributed by atoms with Gasteiger partial charge in [-0.2, -0.15) is 0 Å². The summed E-state index contributed by atoms with van der Waals surface area (Å²) in [4.78, 5) is 25.4. The van der Waals surface area contributed by atoms with Gasteiger partial charge in [0.2, 0.25) is 0 Å². The zero-order valence-corrected chi connectivity index (χ0v) is 12.4. The molecule has 2 aliphatic heterocycles. The lowest BCUT2D eigenvalue weighted by molar-refractivity contribution is -0.0701. The minimum Gasteiger partial charge on any atom is -0.349 e. The number of nitrogens with zero attached hydrogens (tertiary/aromatic N) is 1. The Bertz CT molecular complexity index is 711. The predicted octanol–water partition coefficient (Wildman–Crippen LogP) is 0.302. The zero-order valence-electron chi connectivity index (χ0n) is 11.5. The molecule has 2 saturated heterocycles. The van der Waals surface area contributed by atoms with Crippen LogP contribution in [0, 0.1) is 6.92 Å². The number of ether oxygens (including phenoxy) is 1. The van der Waals surface area contributed by atoms with E-state index in [1.165, 1.54) is 17.9 Å². The van der Waals surface area contributed by atoms with Crippen molar-refractivity contribution in [2.75, 3.05) is 13.7 Å². The van der Waals surface area contributed by atoms with Crippen molar-refractivity contribution in [2.24, 2.45) is 0 Å². The summed E-state index contributed by atoms with van der Waals surface area (Å²) >= 11 is 0. The largest absolute Gasteiger partial charge is 0.474 e. The van der Waals surface area contributed by atoms with Gasteiger partial charge in [-0.05, 0) is 6.92 Å². The van der Waals surface area contributed by atoms with Gasteiger partial charge in [0.25, 0.3) is 5.56 Å². The maximum atomic E-state index is 11.9. The van der Waals surface area contributed by atoms with Crippen LogP contribution in [0.4, 0.5) is 0 Å². The van der Waals surface area contributed by atoms with Crippen molar-refractivity contribution in [3.8, 4) is 0 Å². The normalized spacial score (nSPS) is 35.6. The second-order valence-electron chi connectivity index (χ2n) is 4.91. The van der Waals surface area contributed by atoms with Crippen LogP contribution in [-0.4, -0.2) is 35.5 Å². The van der Waals surface area contributed by atoms with E-state index < -0.39 is 37.5 Å². The first-order chi connectivity index (χ1) is 9.92. The van der Waals surface area contributed by atoms with Crippen molar-refractivity contribution in [3.63, 3.8) is 0 Å². The Morgan fingerprint density at radius 3 is 2.90 bits per heavy atom. The van der Waals surface area contributed by atoms with E-state index in [9.17, 15) is 14.2 Å². The number of phosphoric acid groups is 1. The van der Waals surface area contributed by atoms with Gasteiger partial charge in [0.1, 0.15) is 18.4 Å². The summed E-state index contributed by atoms with van der Waals surface area (Å²) in [5.41, 5.74) is -0.604. The third-order valence-corrected chi connectivity index (χ3v) is 4.96. The number of rotatable bonds is 2. The minimum atomic E-state index is -3.54. The number of aromatic nitrogens is 2. The molecule has 21 heavy (non-hydrogen) atoms. The quantitative estimate of drug-likeness (QED) is 0.781. The van der Waals surface area contributed by atoms with Gasteiger partial charge < -0.3 is 4.74 Å². The highest BCUT2D eigenvalue weighted by molar-refractivity contribution is 7.48. The lowest BCUT2D eigenvalue weighted by Gasteiger charge is -2.28. The SMILES string of the molecule is COP1(=O)OC[C@H]2O[C@@H](n3cc(C)c(=O)[nH]c3=O)C[C@@H]2O1. The molecule has 0 radical (unpaired) electrons. The summed E-state index contributed by atoms with van der Waals surface area (Å²) in [6.07, 6.45) is 0.197. The Balaban J connectivity index is 1.85. The second-order valence-corrected chi connectivity index (χ2v) is 6.64. The van der Waals surface area contributed by atoms with E-state index in [4.69, 9.17) is 18.3 Å². The minimum absolute atomic E-state index is 0.0589. The van der Waals surface area contributed by atoms with Crippen molar-refractivity contribution < 1.29 is 22.9 Å². The van der Waals surface area contributed by atoms with Crippen LogP contribution < -0.4 is 11.2 Å². The summed E-state index contributed by atoms with van der Waals surface area (Å²) in [6, 6.07) is 0. The highest BCUT2D eigenvalue weighted by atomic mass is 31.2. The highest BCUT2D eigenvalue weighted by Crippen LogP contribution is 2.55. The van der Waals surface area contributed by atoms with E-state index in [-0.39, 0.29) is 6.61 Å². The fourth-order valence-electron chi connectivity index (χ4n) is 2.39. The Morgan fingerprint density at radius 1 is 1.43 bits per heavy atom. The maximum absolute atomic E-state index is 11.9. The fourth-order valence-corrected chi connectivity index (χ4v) is 3.52. The molecule has 10 heteroatoms. The summed E-state index contributed by atoms with van der Waals surface area (Å²) in [5, 5.41) is 0. The van der Waals surface area contributed by atoms with Gasteiger partial charge in [0.05, 0.1) is 6.61 Å². The van der Waals surface area contributed by atoms with Crippen molar-refractivity contribution in [1.29, 1.82) is 0 Å². The number of hydrogen-bond acceptors (Lipinski definition) is 7. The molecular formula is C11H15N2O7P. The highest BCUT2D eigenvalue weighted by Gasteiger charge is 2.47. The lowest BCUT2D eigenvalue weighted by atomic mass is 10.2. The first kappa shape index (κ1) is 14.7. The number of aromatic amines is 1. The summed E-state index contributed by atoms with van der Waals surface area (Å²) < 4.78 is 33.9. The molecule has 2 aliphatic rings. The first-order valence-corrected chi connectivity index (χ1v) is 7.84. The molecular weight excluding hydrogens is 303 g/mol. The van der Waals surface area contributed by atoms with Gasteiger partial charge in [-0.25, -0.2) is 9.36 Å². The third kappa shape index (κ3) is 2.63. The number of aryl methyl sites for hydroxylation is 1. The molecule has 1 aromatic heterocycles. The second kappa shape index (κ2) is 5.19. The average Bonchev–Trinajstić information content (AvgIpc) is 2.85. The van der Waals surface area contributed by atoms with Gasteiger partial charge in [0, 0.05) is 25.3 Å². The molecule has 0 bridgehead atoms. The van der Waals surface area contributed by atoms with Crippen LogP contribution in [0.3, 0.4) is 0 Å². The molecule has 1 aromatic rings. The molecule has 0 saturated carbocycles. The Labute approximate surface area is 119 Å². The molecule has 1 unspecified atom stereocenters. The lowest BCUT2D eigenvalue weighted by Crippen LogP contribution is -2.34. The van der Waals surface area contributed by atoms with E-state index in [1.807, 2.05) is 0 Å². The number of fused-ring (bicyclic) bond motifs is 1. The van der Waals surface area contributed by atoms with Crippen molar-refractivity contribution in [2.45, 2.75) is 31.8 Å².